The van der Waals surface area contributed by atoms with Crippen LogP contribution in [0.3, 0.4) is 0 Å². The standard InChI is InChI=1S/C25H46N2O2/c1-24(2,3)18-10-14-20(15-11-18)26-22(28)8-7-9-23(29)27-21-16-12-19(13-17-21)25(4,5)6/h18-21H,7-17H2,1-6H3,(H,26,28)(H,27,29). The highest BCUT2D eigenvalue weighted by Gasteiger charge is 2.31. The van der Waals surface area contributed by atoms with Crippen molar-refractivity contribution in [3.05, 3.63) is 0 Å². The summed E-state index contributed by atoms with van der Waals surface area (Å²) in [6.07, 6.45) is 10.7. The number of carbonyl (C=O) groups excluding carboxylic acids is 2. The van der Waals surface area contributed by atoms with E-state index in [1.807, 2.05) is 0 Å². The molecule has 4 nitrogen and oxygen atoms in total. The lowest BCUT2D eigenvalue weighted by Crippen LogP contribution is -2.40. The minimum Gasteiger partial charge on any atom is -0.353 e. The van der Waals surface area contributed by atoms with Gasteiger partial charge in [0.1, 0.15) is 0 Å². The molecular weight excluding hydrogens is 360 g/mol. The molecule has 0 unspecified atom stereocenters. The summed E-state index contributed by atoms with van der Waals surface area (Å²) in [6.45, 7) is 13.9. The SMILES string of the molecule is CC(C)(C)C1CCC(NC(=O)CCCC(=O)NC2CCC(C(C)(C)C)CC2)CC1. The van der Waals surface area contributed by atoms with Gasteiger partial charge in [0.15, 0.2) is 0 Å². The smallest absolute Gasteiger partial charge is 0.220 e. The highest BCUT2D eigenvalue weighted by molar-refractivity contribution is 5.79. The molecule has 2 aliphatic rings. The third kappa shape index (κ3) is 8.30. The van der Waals surface area contributed by atoms with Gasteiger partial charge in [0.25, 0.3) is 0 Å². The average Bonchev–Trinajstić information content (AvgIpc) is 2.61. The van der Waals surface area contributed by atoms with Gasteiger partial charge in [-0.2, -0.15) is 0 Å². The summed E-state index contributed by atoms with van der Waals surface area (Å²) in [6, 6.07) is 0.654. The van der Waals surface area contributed by atoms with E-state index in [9.17, 15) is 9.59 Å². The monoisotopic (exact) mass is 406 g/mol. The predicted molar refractivity (Wildman–Crippen MR) is 121 cm³/mol. The first-order chi connectivity index (χ1) is 13.4. The van der Waals surface area contributed by atoms with Crippen LogP contribution in [0.4, 0.5) is 0 Å². The lowest BCUT2D eigenvalue weighted by molar-refractivity contribution is -0.123. The Balaban J connectivity index is 1.57. The van der Waals surface area contributed by atoms with Crippen molar-refractivity contribution in [2.75, 3.05) is 0 Å². The number of nitrogens with one attached hydrogen (secondary N) is 2. The van der Waals surface area contributed by atoms with Crippen molar-refractivity contribution in [2.24, 2.45) is 22.7 Å². The zero-order valence-electron chi connectivity index (χ0n) is 19.9. The average molecular weight is 407 g/mol. The molecule has 2 aliphatic carbocycles. The molecule has 0 saturated heterocycles. The van der Waals surface area contributed by atoms with E-state index < -0.39 is 0 Å². The molecule has 0 aromatic heterocycles. The van der Waals surface area contributed by atoms with E-state index in [0.29, 0.717) is 42.2 Å². The van der Waals surface area contributed by atoms with Gasteiger partial charge in [-0.05, 0) is 80.5 Å². The van der Waals surface area contributed by atoms with Crippen molar-refractivity contribution in [2.45, 2.75) is 124 Å². The van der Waals surface area contributed by atoms with Crippen LogP contribution in [0.25, 0.3) is 0 Å². The fraction of sp³-hybridized carbons (Fsp3) is 0.920. The minimum absolute atomic E-state index is 0.114. The molecule has 2 fully saturated rings. The minimum atomic E-state index is 0.114. The molecule has 0 spiro atoms. The number of hydrogen-bond donors (Lipinski definition) is 2. The molecule has 2 N–H and O–H groups in total. The van der Waals surface area contributed by atoms with Gasteiger partial charge in [-0.25, -0.2) is 0 Å². The van der Waals surface area contributed by atoms with Gasteiger partial charge in [-0.3, -0.25) is 9.59 Å². The second-order valence-corrected chi connectivity index (χ2v) is 11.8. The van der Waals surface area contributed by atoms with Crippen LogP contribution in [0.15, 0.2) is 0 Å². The van der Waals surface area contributed by atoms with Crippen molar-refractivity contribution in [1.82, 2.24) is 10.6 Å². The Morgan fingerprint density at radius 1 is 0.621 bits per heavy atom. The van der Waals surface area contributed by atoms with E-state index in [-0.39, 0.29) is 11.8 Å². The summed E-state index contributed by atoms with van der Waals surface area (Å²) in [5.41, 5.74) is 0.739. The summed E-state index contributed by atoms with van der Waals surface area (Å²) >= 11 is 0. The molecule has 0 heterocycles. The van der Waals surface area contributed by atoms with Crippen LogP contribution >= 0.6 is 0 Å². The van der Waals surface area contributed by atoms with Crippen molar-refractivity contribution in [1.29, 1.82) is 0 Å². The summed E-state index contributed by atoms with van der Waals surface area (Å²) in [4.78, 5) is 24.5. The number of hydrogen-bond acceptors (Lipinski definition) is 2. The third-order valence-electron chi connectivity index (χ3n) is 7.44. The first-order valence-electron chi connectivity index (χ1n) is 12.0. The molecule has 2 rings (SSSR count). The fourth-order valence-corrected chi connectivity index (χ4v) is 5.22. The molecule has 0 radical (unpaired) electrons. The zero-order chi connectivity index (χ0) is 21.7. The number of carbonyl (C=O) groups is 2. The lowest BCUT2D eigenvalue weighted by atomic mass is 9.71. The van der Waals surface area contributed by atoms with Crippen LogP contribution in [-0.4, -0.2) is 23.9 Å². The number of rotatable bonds is 6. The van der Waals surface area contributed by atoms with E-state index >= 15 is 0 Å². The van der Waals surface area contributed by atoms with Gasteiger partial charge in [-0.15, -0.1) is 0 Å². The van der Waals surface area contributed by atoms with Gasteiger partial charge in [-0.1, -0.05) is 41.5 Å². The maximum absolute atomic E-state index is 12.2. The van der Waals surface area contributed by atoms with E-state index in [1.54, 1.807) is 0 Å². The molecular formula is C25H46N2O2. The van der Waals surface area contributed by atoms with E-state index in [2.05, 4.69) is 52.2 Å². The molecule has 168 valence electrons. The summed E-state index contributed by atoms with van der Waals surface area (Å²) in [5, 5.41) is 6.39. The molecule has 0 aromatic rings. The summed E-state index contributed by atoms with van der Waals surface area (Å²) < 4.78 is 0. The Morgan fingerprint density at radius 2 is 0.931 bits per heavy atom. The molecule has 2 amide bonds. The Bertz CT molecular complexity index is 480. The van der Waals surface area contributed by atoms with E-state index in [1.165, 1.54) is 25.7 Å². The predicted octanol–water partition coefficient (Wildman–Crippen LogP) is 5.60. The Morgan fingerprint density at radius 3 is 1.21 bits per heavy atom. The van der Waals surface area contributed by atoms with E-state index in [4.69, 9.17) is 0 Å². The highest BCUT2D eigenvalue weighted by Crippen LogP contribution is 2.38. The Labute approximate surface area is 179 Å². The van der Waals surface area contributed by atoms with Crippen LogP contribution < -0.4 is 10.6 Å². The second kappa shape index (κ2) is 10.3. The third-order valence-corrected chi connectivity index (χ3v) is 7.44. The topological polar surface area (TPSA) is 58.2 Å². The van der Waals surface area contributed by atoms with Crippen LogP contribution in [0, 0.1) is 22.7 Å². The second-order valence-electron chi connectivity index (χ2n) is 11.8. The summed E-state index contributed by atoms with van der Waals surface area (Å²) in [7, 11) is 0. The molecule has 29 heavy (non-hydrogen) atoms. The van der Waals surface area contributed by atoms with Gasteiger partial charge in [0.2, 0.25) is 11.8 Å². The van der Waals surface area contributed by atoms with Crippen molar-refractivity contribution in [3.63, 3.8) is 0 Å². The molecule has 0 bridgehead atoms. The molecule has 0 atom stereocenters. The first-order valence-corrected chi connectivity index (χ1v) is 12.0. The van der Waals surface area contributed by atoms with Gasteiger partial charge in [0.05, 0.1) is 0 Å². The van der Waals surface area contributed by atoms with Crippen LogP contribution in [0.5, 0.6) is 0 Å². The molecule has 2 saturated carbocycles. The highest BCUT2D eigenvalue weighted by atomic mass is 16.2. The maximum Gasteiger partial charge on any atom is 0.220 e. The maximum atomic E-state index is 12.2. The summed E-state index contributed by atoms with van der Waals surface area (Å²) in [5.74, 6) is 1.75. The molecule has 0 aromatic carbocycles. The van der Waals surface area contributed by atoms with Crippen LogP contribution in [-0.2, 0) is 9.59 Å². The van der Waals surface area contributed by atoms with E-state index in [0.717, 1.165) is 37.5 Å². The van der Waals surface area contributed by atoms with Crippen molar-refractivity contribution < 1.29 is 9.59 Å². The van der Waals surface area contributed by atoms with Crippen molar-refractivity contribution >= 4 is 11.8 Å². The van der Waals surface area contributed by atoms with Crippen molar-refractivity contribution in [3.8, 4) is 0 Å². The number of amides is 2. The van der Waals surface area contributed by atoms with Gasteiger partial charge in [0, 0.05) is 24.9 Å². The van der Waals surface area contributed by atoms with Gasteiger partial charge >= 0.3 is 0 Å². The normalized spacial score (nSPS) is 28.6. The molecule has 4 heteroatoms. The molecule has 0 aliphatic heterocycles. The quantitative estimate of drug-likeness (QED) is 0.603. The Kier molecular flexibility index (Phi) is 8.60. The zero-order valence-corrected chi connectivity index (χ0v) is 19.9. The first kappa shape index (κ1) is 24.2. The largest absolute Gasteiger partial charge is 0.353 e. The fourth-order valence-electron chi connectivity index (χ4n) is 5.22. The van der Waals surface area contributed by atoms with Crippen LogP contribution in [0.2, 0.25) is 0 Å². The lowest BCUT2D eigenvalue weighted by Gasteiger charge is -2.37. The van der Waals surface area contributed by atoms with Gasteiger partial charge < -0.3 is 10.6 Å². The Hall–Kier alpha value is -1.06. The van der Waals surface area contributed by atoms with Crippen LogP contribution in [0.1, 0.15) is 112 Å².